The predicted octanol–water partition coefficient (Wildman–Crippen LogP) is 15.0. The van der Waals surface area contributed by atoms with Crippen LogP contribution in [0.4, 0.5) is 22.7 Å². The SMILES string of the molecule is CC1(C)c2ccc(C3=Nc4c(oc5ccccc45)C(c4cccc(-c5ccccc5)c4)N3)cc2-c2c(N(c3ccccc3)c3cccc4c3sc3ccccc34)cccc21. The van der Waals surface area contributed by atoms with Crippen molar-refractivity contribution in [2.24, 2.45) is 4.99 Å². The standard InChI is InChI=1S/C55H39N3OS/c1-55(2)43-31-30-37(54-56-50(52-51(57-54)41-23-9-11-28-47(41)59-52)36-19-13-18-35(32-36)34-16-5-3-6-17-34)33-42(43)49-44(55)25-15-26-45(49)58(38-20-7-4-8-21-38)46-27-14-24-40-39-22-10-12-29-48(39)60-53(40)46/h3-33,50H,1-2H3,(H,56,57). The Morgan fingerprint density at radius 2 is 1.28 bits per heavy atom. The van der Waals surface area contributed by atoms with Gasteiger partial charge in [-0.25, -0.2) is 4.99 Å². The summed E-state index contributed by atoms with van der Waals surface area (Å²) < 4.78 is 9.21. The quantitative estimate of drug-likeness (QED) is 0.182. The van der Waals surface area contributed by atoms with Crippen LogP contribution in [0.15, 0.2) is 197 Å². The maximum Gasteiger partial charge on any atom is 0.157 e. The molecule has 1 N–H and O–H groups in total. The van der Waals surface area contributed by atoms with Crippen molar-refractivity contribution in [1.29, 1.82) is 0 Å². The number of benzene rings is 8. The van der Waals surface area contributed by atoms with Crippen LogP contribution in [-0.2, 0) is 5.41 Å². The number of thiophene rings is 1. The van der Waals surface area contributed by atoms with Crippen molar-refractivity contribution < 1.29 is 4.42 Å². The van der Waals surface area contributed by atoms with Crippen molar-refractivity contribution in [1.82, 2.24) is 5.32 Å². The van der Waals surface area contributed by atoms with E-state index in [1.165, 1.54) is 53.7 Å². The van der Waals surface area contributed by atoms with Crippen LogP contribution in [0.25, 0.3) is 53.4 Å². The number of nitrogens with zero attached hydrogens (tertiary/aromatic N) is 2. The minimum Gasteiger partial charge on any atom is -0.456 e. The maximum absolute atomic E-state index is 6.64. The lowest BCUT2D eigenvalue weighted by Gasteiger charge is -2.29. The zero-order valence-electron chi connectivity index (χ0n) is 33.2. The Balaban J connectivity index is 1.04. The van der Waals surface area contributed by atoms with Crippen LogP contribution in [0.1, 0.15) is 47.9 Å². The summed E-state index contributed by atoms with van der Waals surface area (Å²) in [5.41, 5.74) is 14.5. The molecule has 3 heterocycles. The minimum absolute atomic E-state index is 0.221. The molecule has 1 unspecified atom stereocenters. The molecule has 5 heteroatoms. The van der Waals surface area contributed by atoms with E-state index in [1.54, 1.807) is 0 Å². The average molecular weight is 790 g/mol. The highest BCUT2D eigenvalue weighted by molar-refractivity contribution is 7.26. The Morgan fingerprint density at radius 1 is 0.583 bits per heavy atom. The monoisotopic (exact) mass is 789 g/mol. The molecular formula is C55H39N3OS. The third-order valence-electron chi connectivity index (χ3n) is 12.5. The highest BCUT2D eigenvalue weighted by atomic mass is 32.1. The average Bonchev–Trinajstić information content (AvgIpc) is 3.95. The summed E-state index contributed by atoms with van der Waals surface area (Å²) in [6, 6.07) is 67.4. The Labute approximate surface area is 352 Å². The van der Waals surface area contributed by atoms with Crippen molar-refractivity contribution >= 4 is 71.1 Å². The van der Waals surface area contributed by atoms with Crippen LogP contribution in [0.3, 0.4) is 0 Å². The molecule has 0 amide bonds. The lowest BCUT2D eigenvalue weighted by atomic mass is 9.82. The third-order valence-corrected chi connectivity index (χ3v) is 13.7. The van der Waals surface area contributed by atoms with Gasteiger partial charge in [0.25, 0.3) is 0 Å². The first kappa shape index (κ1) is 34.8. The van der Waals surface area contributed by atoms with Gasteiger partial charge in [0.05, 0.1) is 16.1 Å². The van der Waals surface area contributed by atoms with Crippen LogP contribution in [0.5, 0.6) is 0 Å². The number of hydrogen-bond donors (Lipinski definition) is 1. The molecule has 8 aromatic carbocycles. The molecule has 2 aromatic heterocycles. The van der Waals surface area contributed by atoms with Gasteiger partial charge in [0.2, 0.25) is 0 Å². The highest BCUT2D eigenvalue weighted by Crippen LogP contribution is 2.56. The molecule has 60 heavy (non-hydrogen) atoms. The van der Waals surface area contributed by atoms with Gasteiger partial charge in [-0.3, -0.25) is 0 Å². The molecule has 1 atom stereocenters. The second-order valence-corrected chi connectivity index (χ2v) is 17.4. The van der Waals surface area contributed by atoms with Gasteiger partial charge in [0, 0.05) is 43.1 Å². The fourth-order valence-electron chi connectivity index (χ4n) is 9.63. The van der Waals surface area contributed by atoms with Gasteiger partial charge >= 0.3 is 0 Å². The summed E-state index contributed by atoms with van der Waals surface area (Å²) in [6.07, 6.45) is 0. The van der Waals surface area contributed by atoms with E-state index in [4.69, 9.17) is 9.41 Å². The molecule has 1 aliphatic carbocycles. The molecule has 0 saturated heterocycles. The largest absolute Gasteiger partial charge is 0.456 e. The molecule has 0 bridgehead atoms. The number of fused-ring (bicyclic) bond motifs is 9. The van der Waals surface area contributed by atoms with Crippen LogP contribution >= 0.6 is 11.3 Å². The number of rotatable bonds is 6. The number of nitrogens with one attached hydrogen (secondary N) is 1. The number of aliphatic imine (C=N–C) groups is 1. The van der Waals surface area contributed by atoms with Crippen molar-refractivity contribution in [2.75, 3.05) is 4.90 Å². The molecule has 0 fully saturated rings. The van der Waals surface area contributed by atoms with Crippen molar-refractivity contribution in [3.63, 3.8) is 0 Å². The highest BCUT2D eigenvalue weighted by Gasteiger charge is 2.39. The molecule has 286 valence electrons. The van der Waals surface area contributed by atoms with E-state index in [0.717, 1.165) is 56.3 Å². The number of para-hydroxylation sites is 2. The van der Waals surface area contributed by atoms with Gasteiger partial charge in [-0.15, -0.1) is 11.3 Å². The summed E-state index contributed by atoms with van der Waals surface area (Å²) in [5, 5.41) is 7.47. The summed E-state index contributed by atoms with van der Waals surface area (Å²) in [4.78, 5) is 7.86. The predicted molar refractivity (Wildman–Crippen MR) is 251 cm³/mol. The van der Waals surface area contributed by atoms with Gasteiger partial charge in [0.1, 0.15) is 23.1 Å². The normalized spacial score (nSPS) is 15.0. The molecule has 0 radical (unpaired) electrons. The molecule has 0 saturated carbocycles. The molecule has 2 aliphatic rings. The van der Waals surface area contributed by atoms with E-state index in [1.807, 2.05) is 23.5 Å². The van der Waals surface area contributed by atoms with Crippen LogP contribution < -0.4 is 10.2 Å². The minimum atomic E-state index is -0.244. The molecular weight excluding hydrogens is 751 g/mol. The Morgan fingerprint density at radius 3 is 2.15 bits per heavy atom. The molecule has 10 aromatic rings. The van der Waals surface area contributed by atoms with E-state index < -0.39 is 0 Å². The Bertz CT molecular complexity index is 3340. The Kier molecular flexibility index (Phi) is 7.78. The van der Waals surface area contributed by atoms with Gasteiger partial charge < -0.3 is 14.6 Å². The molecule has 0 spiro atoms. The van der Waals surface area contributed by atoms with Gasteiger partial charge in [-0.1, -0.05) is 147 Å². The molecule has 1 aliphatic heterocycles. The Hall–Kier alpha value is -7.21. The van der Waals surface area contributed by atoms with Gasteiger partial charge in [-0.05, 0) is 88.0 Å². The lowest BCUT2D eigenvalue weighted by Crippen LogP contribution is -2.32. The number of hydrogen-bond acceptors (Lipinski definition) is 5. The fraction of sp³-hybridized carbons (Fsp3) is 0.0727. The fourth-order valence-corrected chi connectivity index (χ4v) is 10.8. The first-order valence-corrected chi connectivity index (χ1v) is 21.4. The molecule has 4 nitrogen and oxygen atoms in total. The van der Waals surface area contributed by atoms with Gasteiger partial charge in [-0.2, -0.15) is 0 Å². The van der Waals surface area contributed by atoms with Crippen molar-refractivity contribution in [3.8, 4) is 22.3 Å². The van der Waals surface area contributed by atoms with E-state index >= 15 is 0 Å². The molecule has 12 rings (SSSR count). The summed E-state index contributed by atoms with van der Waals surface area (Å²) in [6.45, 7) is 4.72. The first-order chi connectivity index (χ1) is 29.5. The summed E-state index contributed by atoms with van der Waals surface area (Å²) in [5.74, 6) is 1.65. The number of amidine groups is 1. The van der Waals surface area contributed by atoms with E-state index in [2.05, 4.69) is 200 Å². The summed E-state index contributed by atoms with van der Waals surface area (Å²) in [7, 11) is 0. The first-order valence-electron chi connectivity index (χ1n) is 20.6. The zero-order valence-corrected chi connectivity index (χ0v) is 34.0. The number of furan rings is 1. The van der Waals surface area contributed by atoms with E-state index in [0.29, 0.717) is 0 Å². The topological polar surface area (TPSA) is 40.8 Å². The zero-order chi connectivity index (χ0) is 40.0. The smallest absolute Gasteiger partial charge is 0.157 e. The third kappa shape index (κ3) is 5.32. The van der Waals surface area contributed by atoms with Crippen LogP contribution in [0, 0.1) is 0 Å². The van der Waals surface area contributed by atoms with E-state index in [-0.39, 0.29) is 11.5 Å². The lowest BCUT2D eigenvalue weighted by molar-refractivity contribution is 0.504. The summed E-state index contributed by atoms with van der Waals surface area (Å²) >= 11 is 1.87. The maximum atomic E-state index is 6.64. The van der Waals surface area contributed by atoms with Crippen molar-refractivity contribution in [2.45, 2.75) is 25.3 Å². The number of anilines is 3. The van der Waals surface area contributed by atoms with Crippen LogP contribution in [-0.4, -0.2) is 5.84 Å². The van der Waals surface area contributed by atoms with Crippen molar-refractivity contribution in [3.05, 3.63) is 216 Å². The van der Waals surface area contributed by atoms with Crippen LogP contribution in [0.2, 0.25) is 0 Å². The van der Waals surface area contributed by atoms with E-state index in [9.17, 15) is 0 Å². The second kappa shape index (κ2) is 13.4. The second-order valence-electron chi connectivity index (χ2n) is 16.3. The van der Waals surface area contributed by atoms with Gasteiger partial charge in [0.15, 0.2) is 5.76 Å².